The van der Waals surface area contributed by atoms with Crippen LogP contribution in [0.25, 0.3) is 0 Å². The van der Waals surface area contributed by atoms with Crippen LogP contribution < -0.4 is 15.4 Å². The molecule has 12 heteroatoms. The van der Waals surface area contributed by atoms with E-state index in [1.54, 1.807) is 24.4 Å². The van der Waals surface area contributed by atoms with Crippen LogP contribution in [0.15, 0.2) is 60.9 Å². The van der Waals surface area contributed by atoms with Crippen molar-refractivity contribution in [3.63, 3.8) is 0 Å². The van der Waals surface area contributed by atoms with Gasteiger partial charge < -0.3 is 15.4 Å². The Balaban J connectivity index is 1.41. The number of alkyl halides is 5. The van der Waals surface area contributed by atoms with E-state index in [4.69, 9.17) is 4.74 Å². The Bertz CT molecular complexity index is 1240. The molecule has 2 N–H and O–H groups in total. The summed E-state index contributed by atoms with van der Waals surface area (Å²) >= 11 is 0. The number of rotatable bonds is 8. The highest BCUT2D eigenvalue weighted by molar-refractivity contribution is 6.07. The molecular formula is C25H24F5N5O2. The summed E-state index contributed by atoms with van der Waals surface area (Å²) in [5.41, 5.74) is -0.175. The minimum absolute atomic E-state index is 0.0319. The van der Waals surface area contributed by atoms with Crippen molar-refractivity contribution in [2.75, 3.05) is 24.2 Å². The third kappa shape index (κ3) is 6.13. The molecular weight excluding hydrogens is 497 g/mol. The number of nitrogens with one attached hydrogen (secondary N) is 2. The Hall–Kier alpha value is -3.80. The summed E-state index contributed by atoms with van der Waals surface area (Å²) in [5.74, 6) is -4.87. The zero-order valence-corrected chi connectivity index (χ0v) is 19.7. The van der Waals surface area contributed by atoms with Crippen LogP contribution in [0.3, 0.4) is 0 Å². The molecule has 196 valence electrons. The molecule has 0 aliphatic carbocycles. The van der Waals surface area contributed by atoms with Gasteiger partial charge in [0, 0.05) is 42.8 Å². The maximum atomic E-state index is 13.5. The van der Waals surface area contributed by atoms with Gasteiger partial charge >= 0.3 is 12.1 Å². The molecule has 0 spiro atoms. The van der Waals surface area contributed by atoms with Crippen molar-refractivity contribution in [2.24, 2.45) is 0 Å². The number of anilines is 2. The lowest BCUT2D eigenvalue weighted by Crippen LogP contribution is -2.33. The number of amides is 1. The molecule has 1 atom stereocenters. The minimum atomic E-state index is -5.72. The van der Waals surface area contributed by atoms with E-state index in [0.29, 0.717) is 24.6 Å². The zero-order chi connectivity index (χ0) is 26.6. The van der Waals surface area contributed by atoms with Gasteiger partial charge in [0.15, 0.2) is 6.23 Å². The second-order valence-electron chi connectivity index (χ2n) is 8.55. The van der Waals surface area contributed by atoms with E-state index < -0.39 is 23.6 Å². The van der Waals surface area contributed by atoms with E-state index in [1.807, 2.05) is 7.05 Å². The quantitative estimate of drug-likeness (QED) is 0.385. The Labute approximate surface area is 209 Å². The van der Waals surface area contributed by atoms with E-state index in [9.17, 15) is 26.7 Å². The van der Waals surface area contributed by atoms with Crippen molar-refractivity contribution in [3.8, 4) is 5.88 Å². The van der Waals surface area contributed by atoms with Crippen molar-refractivity contribution in [2.45, 2.75) is 37.7 Å². The number of ether oxygens (including phenoxy) is 1. The molecule has 1 aromatic carbocycles. The summed E-state index contributed by atoms with van der Waals surface area (Å²) in [6.45, 7) is 1.26. The van der Waals surface area contributed by atoms with Gasteiger partial charge in [-0.2, -0.15) is 22.0 Å². The summed E-state index contributed by atoms with van der Waals surface area (Å²) < 4.78 is 70.7. The average molecular weight is 521 g/mol. The lowest BCUT2D eigenvalue weighted by molar-refractivity contribution is -0.289. The smallest absolute Gasteiger partial charge is 0.458 e. The zero-order valence-electron chi connectivity index (χ0n) is 19.7. The number of nitrogens with zero attached hydrogens (tertiary/aromatic N) is 3. The Morgan fingerprint density at radius 1 is 1.08 bits per heavy atom. The van der Waals surface area contributed by atoms with Crippen LogP contribution in [0, 0.1) is 0 Å². The number of carbonyl (C=O) groups excluding carboxylic acids is 1. The van der Waals surface area contributed by atoms with E-state index >= 15 is 0 Å². The molecule has 0 saturated carbocycles. The first-order valence-electron chi connectivity index (χ1n) is 11.4. The number of likely N-dealkylation sites (tertiary alicyclic amines) is 1. The monoisotopic (exact) mass is 521 g/mol. The van der Waals surface area contributed by atoms with Crippen LogP contribution in [0.4, 0.5) is 33.5 Å². The van der Waals surface area contributed by atoms with Gasteiger partial charge in [-0.3, -0.25) is 9.69 Å². The van der Waals surface area contributed by atoms with E-state index in [1.165, 1.54) is 12.3 Å². The SMILES string of the molecule is CN1CCCC1Oc1cc(CNc2ncccc2C(=O)Nc2ccc(C(F)(F)C(F)(F)F)cc2)ccn1. The largest absolute Gasteiger partial charge is 0.458 e. The number of halogens is 5. The summed E-state index contributed by atoms with van der Waals surface area (Å²) in [5, 5.41) is 5.57. The summed E-state index contributed by atoms with van der Waals surface area (Å²) in [6.07, 6.45) is -0.667. The number of pyridine rings is 2. The van der Waals surface area contributed by atoms with E-state index in [0.717, 1.165) is 37.1 Å². The molecule has 37 heavy (non-hydrogen) atoms. The third-order valence-corrected chi connectivity index (χ3v) is 5.88. The van der Waals surface area contributed by atoms with Crippen molar-refractivity contribution >= 4 is 17.4 Å². The van der Waals surface area contributed by atoms with Gasteiger partial charge in [0.25, 0.3) is 5.91 Å². The lowest BCUT2D eigenvalue weighted by Gasteiger charge is -2.20. The van der Waals surface area contributed by atoms with Crippen LogP contribution in [0.2, 0.25) is 0 Å². The van der Waals surface area contributed by atoms with Gasteiger partial charge in [0.1, 0.15) is 5.82 Å². The minimum Gasteiger partial charge on any atom is -0.458 e. The van der Waals surface area contributed by atoms with Crippen LogP contribution in [-0.4, -0.2) is 46.8 Å². The van der Waals surface area contributed by atoms with E-state index in [2.05, 4.69) is 25.5 Å². The topological polar surface area (TPSA) is 79.4 Å². The Morgan fingerprint density at radius 3 is 2.51 bits per heavy atom. The van der Waals surface area contributed by atoms with E-state index in [-0.39, 0.29) is 23.3 Å². The van der Waals surface area contributed by atoms with Crippen molar-refractivity contribution in [1.29, 1.82) is 0 Å². The number of hydrogen-bond acceptors (Lipinski definition) is 6. The Morgan fingerprint density at radius 2 is 1.84 bits per heavy atom. The number of aromatic nitrogens is 2. The molecule has 1 amide bonds. The number of carbonyl (C=O) groups is 1. The first-order valence-corrected chi connectivity index (χ1v) is 11.4. The highest BCUT2D eigenvalue weighted by Crippen LogP contribution is 2.43. The van der Waals surface area contributed by atoms with Gasteiger partial charge in [-0.25, -0.2) is 9.97 Å². The standard InChI is InChI=1S/C25H24F5N5O2/c1-35-13-3-5-21(35)37-20-14-16(10-12-31-20)15-33-22-19(4-2-11-32-22)23(36)34-18-8-6-17(7-9-18)24(26,27)25(28,29)30/h2,4,6-12,14,21H,3,5,13,15H2,1H3,(H,32,33)(H,34,36). The van der Waals surface area contributed by atoms with Gasteiger partial charge in [0.2, 0.25) is 5.88 Å². The van der Waals surface area contributed by atoms with Crippen LogP contribution in [0.1, 0.15) is 34.3 Å². The molecule has 2 aromatic heterocycles. The number of hydrogen-bond donors (Lipinski definition) is 2. The maximum absolute atomic E-state index is 13.5. The van der Waals surface area contributed by atoms with Crippen LogP contribution in [-0.2, 0) is 12.5 Å². The van der Waals surface area contributed by atoms with Crippen molar-refractivity contribution in [1.82, 2.24) is 14.9 Å². The summed E-state index contributed by atoms with van der Waals surface area (Å²) in [6, 6.07) is 9.85. The average Bonchev–Trinajstić information content (AvgIpc) is 3.27. The molecule has 1 aliphatic heterocycles. The highest BCUT2D eigenvalue weighted by atomic mass is 19.4. The molecule has 7 nitrogen and oxygen atoms in total. The first kappa shape index (κ1) is 26.3. The molecule has 4 rings (SSSR count). The maximum Gasteiger partial charge on any atom is 0.458 e. The van der Waals surface area contributed by atoms with Crippen LogP contribution >= 0.6 is 0 Å². The lowest BCUT2D eigenvalue weighted by atomic mass is 10.1. The molecule has 1 aliphatic rings. The fraction of sp³-hybridized carbons (Fsp3) is 0.320. The fourth-order valence-corrected chi connectivity index (χ4v) is 3.83. The molecule has 1 unspecified atom stereocenters. The highest BCUT2D eigenvalue weighted by Gasteiger charge is 2.58. The molecule has 3 heterocycles. The Kier molecular flexibility index (Phi) is 7.58. The third-order valence-electron chi connectivity index (χ3n) is 5.88. The summed E-state index contributed by atoms with van der Waals surface area (Å²) in [7, 11) is 1.99. The molecule has 0 bridgehead atoms. The summed E-state index contributed by atoms with van der Waals surface area (Å²) in [4.78, 5) is 23.4. The predicted molar refractivity (Wildman–Crippen MR) is 126 cm³/mol. The van der Waals surface area contributed by atoms with Crippen molar-refractivity contribution in [3.05, 3.63) is 77.6 Å². The second-order valence-corrected chi connectivity index (χ2v) is 8.55. The van der Waals surface area contributed by atoms with Gasteiger partial charge in [-0.05, 0) is 55.8 Å². The second kappa shape index (κ2) is 10.7. The van der Waals surface area contributed by atoms with Gasteiger partial charge in [-0.1, -0.05) is 12.1 Å². The molecule has 1 fully saturated rings. The normalized spacial score (nSPS) is 16.4. The molecule has 0 radical (unpaired) electrons. The van der Waals surface area contributed by atoms with Gasteiger partial charge in [0.05, 0.1) is 5.56 Å². The predicted octanol–water partition coefficient (Wildman–Crippen LogP) is 5.43. The number of benzene rings is 1. The molecule has 3 aromatic rings. The molecule has 1 saturated heterocycles. The first-order chi connectivity index (χ1) is 17.5. The van der Waals surface area contributed by atoms with Crippen molar-refractivity contribution < 1.29 is 31.5 Å². The van der Waals surface area contributed by atoms with Crippen LogP contribution in [0.5, 0.6) is 5.88 Å². The fourth-order valence-electron chi connectivity index (χ4n) is 3.83. The van der Waals surface area contributed by atoms with Gasteiger partial charge in [-0.15, -0.1) is 0 Å².